The molecule has 6 heteroatoms. The Morgan fingerprint density at radius 2 is 1.74 bits per heavy atom. The summed E-state index contributed by atoms with van der Waals surface area (Å²) in [5, 5.41) is 3.29. The van der Waals surface area contributed by atoms with Gasteiger partial charge in [-0.3, -0.25) is 14.4 Å². The van der Waals surface area contributed by atoms with E-state index < -0.39 is 12.1 Å². The molecule has 27 heavy (non-hydrogen) atoms. The Kier molecular flexibility index (Phi) is 5.66. The summed E-state index contributed by atoms with van der Waals surface area (Å²) in [5.41, 5.74) is 2.16. The number of ether oxygens (including phenoxy) is 1. The highest BCUT2D eigenvalue weighted by Gasteiger charge is 2.22. The Morgan fingerprint density at radius 1 is 1.04 bits per heavy atom. The quantitative estimate of drug-likeness (QED) is 0.498. The lowest BCUT2D eigenvalue weighted by Gasteiger charge is -2.12. The number of hydrogen-bond acceptors (Lipinski definition) is 4. The van der Waals surface area contributed by atoms with Crippen molar-refractivity contribution in [1.82, 2.24) is 10.3 Å². The highest BCUT2D eigenvalue weighted by Crippen LogP contribution is 2.19. The van der Waals surface area contributed by atoms with Gasteiger partial charge in [-0.05, 0) is 18.6 Å². The lowest BCUT2D eigenvalue weighted by Crippen LogP contribution is -2.34. The minimum absolute atomic E-state index is 0.179. The van der Waals surface area contributed by atoms with Gasteiger partial charge in [0.15, 0.2) is 6.10 Å². The van der Waals surface area contributed by atoms with Crippen LogP contribution in [0.2, 0.25) is 0 Å². The highest BCUT2D eigenvalue weighted by atomic mass is 16.5. The molecule has 0 aliphatic carbocycles. The number of amides is 1. The normalized spacial score (nSPS) is 11.7. The van der Waals surface area contributed by atoms with Crippen LogP contribution in [0.5, 0.6) is 0 Å². The number of aromatic amines is 1. The molecule has 0 saturated heterocycles. The van der Waals surface area contributed by atoms with Crippen LogP contribution in [0.3, 0.4) is 0 Å². The summed E-state index contributed by atoms with van der Waals surface area (Å²) < 4.78 is 5.17. The summed E-state index contributed by atoms with van der Waals surface area (Å²) in [6, 6.07) is 16.6. The molecule has 0 aliphatic rings. The number of Topliss-reactive ketones (excluding diaryl/α,β-unsaturated/α-hetero) is 1. The van der Waals surface area contributed by atoms with Crippen LogP contribution in [0, 0.1) is 0 Å². The standard InChI is InChI=1S/C21H20N2O4/c1-14(21(26)17-12-22-18-10-6-5-9-16(17)18)27-20(25)13-23-19(24)11-15-7-3-2-4-8-15/h2-10,12,14,22H,11,13H2,1H3,(H,23,24)/t14-/m0/s1. The van der Waals surface area contributed by atoms with Crippen LogP contribution in [-0.4, -0.2) is 35.3 Å². The monoisotopic (exact) mass is 364 g/mol. The minimum Gasteiger partial charge on any atom is -0.453 e. The first kappa shape index (κ1) is 18.4. The van der Waals surface area contributed by atoms with E-state index in [-0.39, 0.29) is 24.7 Å². The van der Waals surface area contributed by atoms with Crippen molar-refractivity contribution in [3.63, 3.8) is 0 Å². The number of H-pyrrole nitrogens is 1. The molecule has 1 aromatic heterocycles. The molecule has 0 spiro atoms. The van der Waals surface area contributed by atoms with Gasteiger partial charge in [-0.2, -0.15) is 0 Å². The molecule has 3 aromatic rings. The van der Waals surface area contributed by atoms with E-state index in [1.54, 1.807) is 6.20 Å². The van der Waals surface area contributed by atoms with Crippen molar-refractivity contribution in [2.24, 2.45) is 0 Å². The van der Waals surface area contributed by atoms with E-state index in [9.17, 15) is 14.4 Å². The number of benzene rings is 2. The highest BCUT2D eigenvalue weighted by molar-refractivity contribution is 6.10. The third-order valence-electron chi connectivity index (χ3n) is 4.17. The van der Waals surface area contributed by atoms with Crippen LogP contribution in [0.15, 0.2) is 60.8 Å². The Hall–Kier alpha value is -3.41. The fraction of sp³-hybridized carbons (Fsp3) is 0.190. The smallest absolute Gasteiger partial charge is 0.326 e. The molecule has 0 unspecified atom stereocenters. The molecule has 0 radical (unpaired) electrons. The van der Waals surface area contributed by atoms with Crippen LogP contribution in [0.25, 0.3) is 10.9 Å². The molecule has 6 nitrogen and oxygen atoms in total. The lowest BCUT2D eigenvalue weighted by atomic mass is 10.1. The van der Waals surface area contributed by atoms with Crippen LogP contribution in [0.1, 0.15) is 22.8 Å². The molecule has 3 rings (SSSR count). The van der Waals surface area contributed by atoms with Gasteiger partial charge in [-0.25, -0.2) is 0 Å². The van der Waals surface area contributed by atoms with Gasteiger partial charge in [-0.1, -0.05) is 48.5 Å². The third kappa shape index (κ3) is 4.61. The van der Waals surface area contributed by atoms with E-state index in [2.05, 4.69) is 10.3 Å². The molecule has 1 amide bonds. The molecular weight excluding hydrogens is 344 g/mol. The maximum atomic E-state index is 12.5. The first-order valence-corrected chi connectivity index (χ1v) is 8.65. The number of ketones is 1. The Balaban J connectivity index is 1.51. The zero-order valence-corrected chi connectivity index (χ0v) is 14.9. The number of esters is 1. The summed E-state index contributed by atoms with van der Waals surface area (Å²) in [6.07, 6.45) is 0.847. The predicted octanol–water partition coefficient (Wildman–Crippen LogP) is 2.64. The second kappa shape index (κ2) is 8.31. The summed E-state index contributed by atoms with van der Waals surface area (Å²) in [7, 11) is 0. The topological polar surface area (TPSA) is 88.3 Å². The van der Waals surface area contributed by atoms with E-state index in [1.807, 2.05) is 54.6 Å². The average Bonchev–Trinajstić information content (AvgIpc) is 3.10. The first-order valence-electron chi connectivity index (χ1n) is 8.65. The van der Waals surface area contributed by atoms with Gasteiger partial charge in [0.05, 0.1) is 6.42 Å². The van der Waals surface area contributed by atoms with Crippen molar-refractivity contribution >= 4 is 28.6 Å². The van der Waals surface area contributed by atoms with Crippen LogP contribution in [-0.2, 0) is 20.7 Å². The fourth-order valence-electron chi connectivity index (χ4n) is 2.80. The third-order valence-corrected chi connectivity index (χ3v) is 4.17. The van der Waals surface area contributed by atoms with E-state index >= 15 is 0 Å². The van der Waals surface area contributed by atoms with Crippen molar-refractivity contribution in [2.75, 3.05) is 6.54 Å². The molecule has 138 valence electrons. The molecule has 0 fully saturated rings. The molecule has 2 N–H and O–H groups in total. The van der Waals surface area contributed by atoms with E-state index in [0.717, 1.165) is 16.5 Å². The van der Waals surface area contributed by atoms with Gasteiger partial charge in [0.25, 0.3) is 0 Å². The number of para-hydroxylation sites is 1. The van der Waals surface area contributed by atoms with Crippen LogP contribution < -0.4 is 5.32 Å². The van der Waals surface area contributed by atoms with Crippen LogP contribution in [0.4, 0.5) is 0 Å². The Morgan fingerprint density at radius 3 is 2.52 bits per heavy atom. The number of fused-ring (bicyclic) bond motifs is 1. The fourth-order valence-corrected chi connectivity index (χ4v) is 2.80. The number of carbonyl (C=O) groups excluding carboxylic acids is 3. The number of rotatable bonds is 7. The summed E-state index contributed by atoms with van der Waals surface area (Å²) in [5.74, 6) is -1.23. The van der Waals surface area contributed by atoms with E-state index in [1.165, 1.54) is 6.92 Å². The van der Waals surface area contributed by atoms with E-state index in [0.29, 0.717) is 5.56 Å². The van der Waals surface area contributed by atoms with E-state index in [4.69, 9.17) is 4.74 Å². The summed E-state index contributed by atoms with van der Waals surface area (Å²) in [4.78, 5) is 39.4. The number of hydrogen-bond donors (Lipinski definition) is 2. The van der Waals surface area contributed by atoms with Crippen molar-refractivity contribution in [3.05, 3.63) is 71.9 Å². The molecule has 2 aromatic carbocycles. The maximum Gasteiger partial charge on any atom is 0.326 e. The molecular formula is C21H20N2O4. The molecule has 0 saturated carbocycles. The second-order valence-corrected chi connectivity index (χ2v) is 6.18. The summed E-state index contributed by atoms with van der Waals surface area (Å²) >= 11 is 0. The molecule has 1 atom stereocenters. The molecule has 1 heterocycles. The lowest BCUT2D eigenvalue weighted by molar-refractivity contribution is -0.146. The number of carbonyl (C=O) groups is 3. The second-order valence-electron chi connectivity index (χ2n) is 6.18. The number of aromatic nitrogens is 1. The number of nitrogens with one attached hydrogen (secondary N) is 2. The van der Waals surface area contributed by atoms with Crippen molar-refractivity contribution in [2.45, 2.75) is 19.4 Å². The average molecular weight is 364 g/mol. The largest absolute Gasteiger partial charge is 0.453 e. The Bertz CT molecular complexity index is 962. The van der Waals surface area contributed by atoms with Gasteiger partial charge < -0.3 is 15.0 Å². The van der Waals surface area contributed by atoms with Gasteiger partial charge in [-0.15, -0.1) is 0 Å². The summed E-state index contributed by atoms with van der Waals surface area (Å²) in [6.45, 7) is 1.24. The van der Waals surface area contributed by atoms with Gasteiger partial charge >= 0.3 is 5.97 Å². The van der Waals surface area contributed by atoms with Crippen molar-refractivity contribution in [3.8, 4) is 0 Å². The maximum absolute atomic E-state index is 12.5. The van der Waals surface area contributed by atoms with Gasteiger partial charge in [0.1, 0.15) is 6.54 Å². The SMILES string of the molecule is C[C@H](OC(=O)CNC(=O)Cc1ccccc1)C(=O)c1c[nH]c2ccccc12. The first-order chi connectivity index (χ1) is 13.0. The zero-order chi connectivity index (χ0) is 19.2. The minimum atomic E-state index is -0.942. The Labute approximate surface area is 156 Å². The van der Waals surface area contributed by atoms with Gasteiger partial charge in [0, 0.05) is 22.7 Å². The predicted molar refractivity (Wildman–Crippen MR) is 101 cm³/mol. The van der Waals surface area contributed by atoms with Crippen molar-refractivity contribution in [1.29, 1.82) is 0 Å². The zero-order valence-electron chi connectivity index (χ0n) is 14.9. The molecule has 0 bridgehead atoms. The van der Waals surface area contributed by atoms with Crippen molar-refractivity contribution < 1.29 is 19.1 Å². The molecule has 0 aliphatic heterocycles. The van der Waals surface area contributed by atoms with Gasteiger partial charge in [0.2, 0.25) is 11.7 Å². The van der Waals surface area contributed by atoms with Crippen LogP contribution >= 0.6 is 0 Å².